The number of hydrogen-bond acceptors (Lipinski definition) is 4. The molecular weight excluding hydrogens is 752 g/mol. The Kier molecular flexibility index (Phi) is 14.8. The number of aliphatic imine (C=N–C) groups is 2. The fourth-order valence-electron chi connectivity index (χ4n) is 4.75. The molecule has 3 aromatic rings. The highest BCUT2D eigenvalue weighted by Crippen LogP contribution is 2.29. The molecule has 10 N–H and O–H groups in total. The highest BCUT2D eigenvalue weighted by atomic mass is 79.9. The van der Waals surface area contributed by atoms with E-state index >= 15 is 0 Å². The third-order valence-electron chi connectivity index (χ3n) is 7.50. The average molecular weight is 793 g/mol. The summed E-state index contributed by atoms with van der Waals surface area (Å²) >= 11 is 7.23. The molecule has 3 rings (SSSR count). The quantitative estimate of drug-likeness (QED) is 0.0584. The Morgan fingerprint density at radius 2 is 1.02 bits per heavy atom. The minimum Gasteiger partial charge on any atom is -0.384 e. The summed E-state index contributed by atoms with van der Waals surface area (Å²) in [5.74, 6) is 13.3. The topological polar surface area (TPSA) is 176 Å². The molecule has 0 spiro atoms. The molecule has 0 saturated heterocycles. The molecule has 0 radical (unpaired) electrons. The predicted octanol–water partition coefficient (Wildman–Crippen LogP) is 7.03. The van der Waals surface area contributed by atoms with Gasteiger partial charge in [0, 0.05) is 56.1 Å². The van der Waals surface area contributed by atoms with E-state index in [0.29, 0.717) is 48.7 Å². The van der Waals surface area contributed by atoms with Crippen molar-refractivity contribution in [3.63, 3.8) is 0 Å². The van der Waals surface area contributed by atoms with E-state index in [0.717, 1.165) is 42.3 Å². The molecule has 0 amide bonds. The van der Waals surface area contributed by atoms with Crippen LogP contribution in [0.25, 0.3) is 0 Å². The zero-order valence-corrected chi connectivity index (χ0v) is 30.9. The first-order valence-electron chi connectivity index (χ1n) is 15.4. The van der Waals surface area contributed by atoms with Crippen molar-refractivity contribution >= 4 is 55.2 Å². The van der Waals surface area contributed by atoms with Crippen LogP contribution in [0.4, 0.5) is 0 Å². The van der Waals surface area contributed by atoms with Crippen LogP contribution in [0.1, 0.15) is 58.1 Å². The molecule has 50 heavy (non-hydrogen) atoms. The molecule has 254 valence electrons. The third kappa shape index (κ3) is 12.6. The van der Waals surface area contributed by atoms with Crippen LogP contribution in [0.2, 0.25) is 0 Å². The first kappa shape index (κ1) is 39.0. The second-order valence-corrected chi connectivity index (χ2v) is 13.2. The summed E-state index contributed by atoms with van der Waals surface area (Å²) in [7, 11) is 0. The van der Waals surface area contributed by atoms with Crippen LogP contribution in [0.5, 0.6) is 0 Å². The van der Waals surface area contributed by atoms with E-state index in [1.165, 1.54) is 12.2 Å². The van der Waals surface area contributed by atoms with Gasteiger partial charge < -0.3 is 22.9 Å². The molecule has 0 aliphatic heterocycles. The largest absolute Gasteiger partial charge is 0.384 e. The second kappa shape index (κ2) is 18.9. The van der Waals surface area contributed by atoms with Crippen LogP contribution in [0.3, 0.4) is 0 Å². The number of rotatable bonds is 14. The van der Waals surface area contributed by atoms with Crippen LogP contribution in [-0.4, -0.2) is 36.4 Å². The molecule has 2 atom stereocenters. The molecule has 0 aromatic heterocycles. The van der Waals surface area contributed by atoms with E-state index in [9.17, 15) is 0 Å². The van der Waals surface area contributed by atoms with Gasteiger partial charge in [0.2, 0.25) is 0 Å². The Hall–Kier alpha value is -5.42. The molecule has 0 saturated carbocycles. The van der Waals surface area contributed by atoms with Crippen LogP contribution in [-0.2, 0) is 0 Å². The van der Waals surface area contributed by atoms with Gasteiger partial charge in [-0.2, -0.15) is 0 Å². The zero-order valence-electron chi connectivity index (χ0n) is 27.7. The summed E-state index contributed by atoms with van der Waals surface area (Å²) in [5.41, 5.74) is 29.3. The van der Waals surface area contributed by atoms with Crippen molar-refractivity contribution in [3.8, 4) is 23.7 Å². The van der Waals surface area contributed by atoms with Crippen molar-refractivity contribution in [2.24, 2.45) is 32.9 Å². The first-order chi connectivity index (χ1) is 23.8. The minimum absolute atomic E-state index is 0.0614. The van der Waals surface area contributed by atoms with Gasteiger partial charge in [-0.1, -0.05) is 87.9 Å². The minimum atomic E-state index is -0.124. The van der Waals surface area contributed by atoms with Crippen molar-refractivity contribution in [1.29, 1.82) is 10.8 Å². The van der Waals surface area contributed by atoms with E-state index in [2.05, 4.69) is 91.8 Å². The standard InChI is InChI=1S/C40H40Br2N8/c1-5-37(43)49-23-33(14-25(3)39(45)46)31-17-29(19-35(41)21-31)12-10-27-8-7-9-28(16-27)11-13-30-18-32(22-36(42)20-30)34(15-26(4)40(47)48)24-50-38(44)6-2/h5-9,16-22,33-34H,1-4,14-15,23-24H2,(H2,43,49)(H2,44,50)(H3,45,46)(H3,47,48). The maximum atomic E-state index is 7.79. The number of hydrogen-bond donors (Lipinski definition) is 6. The fourth-order valence-corrected chi connectivity index (χ4v) is 5.78. The molecule has 0 heterocycles. The van der Waals surface area contributed by atoms with Crippen molar-refractivity contribution < 1.29 is 0 Å². The predicted molar refractivity (Wildman–Crippen MR) is 217 cm³/mol. The molecule has 2 unspecified atom stereocenters. The zero-order chi connectivity index (χ0) is 36.8. The van der Waals surface area contributed by atoms with E-state index in [1.807, 2.05) is 60.7 Å². The maximum absolute atomic E-state index is 7.79. The summed E-state index contributed by atoms with van der Waals surface area (Å²) in [4.78, 5) is 8.83. The van der Waals surface area contributed by atoms with Crippen molar-refractivity contribution in [3.05, 3.63) is 153 Å². The highest BCUT2D eigenvalue weighted by Gasteiger charge is 2.17. The number of benzene rings is 3. The van der Waals surface area contributed by atoms with Gasteiger partial charge in [0.05, 0.1) is 0 Å². The monoisotopic (exact) mass is 790 g/mol. The SMILES string of the molecule is C=CC(N)=NCC(CC(=C)C(=N)N)c1cc(Br)cc(C#Cc2cccc(C#Cc3cc(Br)cc(C(CN=C(N)C=C)CC(=C)C(=N)N)c3)c2)c1. The second-order valence-electron chi connectivity index (χ2n) is 11.4. The maximum Gasteiger partial charge on any atom is 0.118 e. The van der Waals surface area contributed by atoms with Gasteiger partial charge in [0.1, 0.15) is 23.3 Å². The van der Waals surface area contributed by atoms with Crippen molar-refractivity contribution in [1.82, 2.24) is 0 Å². The number of nitrogens with one attached hydrogen (secondary N) is 2. The van der Waals surface area contributed by atoms with E-state index < -0.39 is 0 Å². The normalized spacial score (nSPS) is 12.3. The van der Waals surface area contributed by atoms with E-state index in [-0.39, 0.29) is 23.5 Å². The van der Waals surface area contributed by atoms with Gasteiger partial charge in [-0.05, 0) is 102 Å². The number of nitrogens with two attached hydrogens (primary N) is 4. The van der Waals surface area contributed by atoms with Gasteiger partial charge in [-0.3, -0.25) is 20.8 Å². The van der Waals surface area contributed by atoms with Crippen molar-refractivity contribution in [2.75, 3.05) is 13.1 Å². The molecule has 3 aromatic carbocycles. The lowest BCUT2D eigenvalue weighted by Crippen LogP contribution is -2.17. The fraction of sp³-hybridized carbons (Fsp3) is 0.150. The lowest BCUT2D eigenvalue weighted by molar-refractivity contribution is 0.701. The Labute approximate surface area is 311 Å². The smallest absolute Gasteiger partial charge is 0.118 e. The molecule has 10 heteroatoms. The molecule has 0 fully saturated rings. The summed E-state index contributed by atoms with van der Waals surface area (Å²) < 4.78 is 1.71. The van der Waals surface area contributed by atoms with Gasteiger partial charge in [0.25, 0.3) is 0 Å². The lowest BCUT2D eigenvalue weighted by Gasteiger charge is -2.17. The third-order valence-corrected chi connectivity index (χ3v) is 8.42. The molecule has 0 bridgehead atoms. The van der Waals surface area contributed by atoms with Gasteiger partial charge in [-0.15, -0.1) is 0 Å². The Bertz CT molecular complexity index is 1880. The Morgan fingerprint density at radius 1 is 0.640 bits per heavy atom. The van der Waals surface area contributed by atoms with Crippen LogP contribution in [0.15, 0.2) is 129 Å². The van der Waals surface area contributed by atoms with Crippen LogP contribution < -0.4 is 22.9 Å². The van der Waals surface area contributed by atoms with Crippen molar-refractivity contribution in [2.45, 2.75) is 24.7 Å². The summed E-state index contributed by atoms with van der Waals surface area (Å²) in [6.45, 7) is 16.0. The molecule has 0 aliphatic rings. The highest BCUT2D eigenvalue weighted by molar-refractivity contribution is 9.10. The van der Waals surface area contributed by atoms with E-state index in [4.69, 9.17) is 33.8 Å². The Morgan fingerprint density at radius 3 is 1.38 bits per heavy atom. The summed E-state index contributed by atoms with van der Waals surface area (Å²) in [5, 5.41) is 15.6. The first-order valence-corrected chi connectivity index (χ1v) is 17.0. The average Bonchev–Trinajstić information content (AvgIpc) is 3.08. The number of halogens is 2. The molecule has 8 nitrogen and oxygen atoms in total. The molecular formula is C40H40Br2N8. The number of amidine groups is 4. The summed E-state index contributed by atoms with van der Waals surface area (Å²) in [6.07, 6.45) is 3.88. The van der Waals surface area contributed by atoms with Gasteiger partial charge in [-0.25, -0.2) is 0 Å². The van der Waals surface area contributed by atoms with Crippen LogP contribution >= 0.6 is 31.9 Å². The lowest BCUT2D eigenvalue weighted by atomic mass is 9.91. The van der Waals surface area contributed by atoms with Gasteiger partial charge >= 0.3 is 0 Å². The van der Waals surface area contributed by atoms with Crippen LogP contribution in [0, 0.1) is 34.5 Å². The van der Waals surface area contributed by atoms with E-state index in [1.54, 1.807) is 0 Å². The Balaban J connectivity index is 1.91. The number of nitrogens with zero attached hydrogens (tertiary/aromatic N) is 2. The van der Waals surface area contributed by atoms with Gasteiger partial charge in [0.15, 0.2) is 0 Å². The molecule has 0 aliphatic carbocycles. The summed E-state index contributed by atoms with van der Waals surface area (Å²) in [6, 6.07) is 19.6.